The van der Waals surface area contributed by atoms with Crippen molar-refractivity contribution < 1.29 is 18.0 Å². The van der Waals surface area contributed by atoms with Gasteiger partial charge < -0.3 is 0 Å². The van der Waals surface area contributed by atoms with Crippen LogP contribution in [0.1, 0.15) is 24.8 Å². The van der Waals surface area contributed by atoms with Gasteiger partial charge in [-0.1, -0.05) is 6.07 Å². The van der Waals surface area contributed by atoms with E-state index in [1.54, 1.807) is 16.9 Å². The standard InChI is InChI=1S/C18H14F3N3O/c19-14-4-3-11(5-13(14)18(20)21)12-6-16-15(22-7-12)8-23-24(16)9-17(25)10-1-2-10/h3-8,10,18H,1-2,9H2. The second kappa shape index (κ2) is 5.98. The maximum absolute atomic E-state index is 13.5. The number of rotatable bonds is 5. The summed E-state index contributed by atoms with van der Waals surface area (Å²) in [6, 6.07) is 5.31. The van der Waals surface area contributed by atoms with Crippen LogP contribution in [0.5, 0.6) is 0 Å². The second-order valence-corrected chi connectivity index (χ2v) is 6.21. The van der Waals surface area contributed by atoms with E-state index >= 15 is 0 Å². The Kier molecular flexibility index (Phi) is 3.78. The van der Waals surface area contributed by atoms with Crippen LogP contribution in [0.3, 0.4) is 0 Å². The van der Waals surface area contributed by atoms with Crippen LogP contribution in [0.2, 0.25) is 0 Å². The van der Waals surface area contributed by atoms with E-state index < -0.39 is 17.8 Å². The molecular weight excluding hydrogens is 331 g/mol. The van der Waals surface area contributed by atoms with Crippen molar-refractivity contribution in [1.29, 1.82) is 0 Å². The van der Waals surface area contributed by atoms with Crippen molar-refractivity contribution in [2.45, 2.75) is 25.8 Å². The largest absolute Gasteiger partial charge is 0.297 e. The number of benzene rings is 1. The molecule has 0 radical (unpaired) electrons. The highest BCUT2D eigenvalue weighted by Crippen LogP contribution is 2.31. The molecule has 7 heteroatoms. The van der Waals surface area contributed by atoms with Gasteiger partial charge in [0.1, 0.15) is 17.9 Å². The van der Waals surface area contributed by atoms with Gasteiger partial charge in [-0.25, -0.2) is 13.2 Å². The molecular formula is C18H14F3N3O. The van der Waals surface area contributed by atoms with E-state index in [2.05, 4.69) is 10.1 Å². The number of aromatic nitrogens is 3. The molecule has 0 atom stereocenters. The Balaban J connectivity index is 1.73. The van der Waals surface area contributed by atoms with Crippen LogP contribution >= 0.6 is 0 Å². The lowest BCUT2D eigenvalue weighted by Gasteiger charge is -2.07. The number of pyridine rings is 1. The first-order valence-electron chi connectivity index (χ1n) is 7.95. The summed E-state index contributed by atoms with van der Waals surface area (Å²) in [6.45, 7) is 0.172. The quantitative estimate of drug-likeness (QED) is 0.698. The minimum atomic E-state index is -2.89. The van der Waals surface area contributed by atoms with E-state index in [1.165, 1.54) is 12.3 Å². The summed E-state index contributed by atoms with van der Waals surface area (Å²) in [4.78, 5) is 16.3. The number of Topliss-reactive ketones (excluding diaryl/α,β-unsaturated/α-hetero) is 1. The first-order chi connectivity index (χ1) is 12.0. The fraction of sp³-hybridized carbons (Fsp3) is 0.278. The van der Waals surface area contributed by atoms with Crippen molar-refractivity contribution >= 4 is 16.8 Å². The van der Waals surface area contributed by atoms with E-state index in [-0.39, 0.29) is 18.2 Å². The van der Waals surface area contributed by atoms with Gasteiger partial charge in [-0.3, -0.25) is 14.5 Å². The molecule has 0 saturated heterocycles. The minimum absolute atomic E-state index is 0.126. The molecule has 1 aliphatic carbocycles. The minimum Gasteiger partial charge on any atom is -0.297 e. The molecule has 4 rings (SSSR count). The summed E-state index contributed by atoms with van der Waals surface area (Å²) in [5, 5.41) is 4.19. The summed E-state index contributed by atoms with van der Waals surface area (Å²) in [5.41, 5.74) is 1.62. The fourth-order valence-electron chi connectivity index (χ4n) is 2.81. The van der Waals surface area contributed by atoms with Gasteiger partial charge in [-0.2, -0.15) is 5.10 Å². The van der Waals surface area contributed by atoms with Crippen LogP contribution in [0.25, 0.3) is 22.2 Å². The first-order valence-corrected chi connectivity index (χ1v) is 7.95. The van der Waals surface area contributed by atoms with E-state index in [1.807, 2.05) is 0 Å². The Morgan fingerprint density at radius 3 is 2.72 bits per heavy atom. The Morgan fingerprint density at radius 1 is 1.20 bits per heavy atom. The third kappa shape index (κ3) is 3.01. The number of alkyl halides is 2. The second-order valence-electron chi connectivity index (χ2n) is 6.21. The van der Waals surface area contributed by atoms with E-state index in [9.17, 15) is 18.0 Å². The molecule has 1 aliphatic rings. The van der Waals surface area contributed by atoms with Crippen molar-refractivity contribution in [3.8, 4) is 11.1 Å². The molecule has 0 N–H and O–H groups in total. The SMILES string of the molecule is O=C(Cn1ncc2ncc(-c3ccc(F)c(C(F)F)c3)cc21)C1CC1. The number of hydrogen-bond donors (Lipinski definition) is 0. The Hall–Kier alpha value is -2.70. The molecule has 0 unspecified atom stereocenters. The smallest absolute Gasteiger partial charge is 0.266 e. The van der Waals surface area contributed by atoms with E-state index in [4.69, 9.17) is 0 Å². The number of nitrogens with zero attached hydrogens (tertiary/aromatic N) is 3. The van der Waals surface area contributed by atoms with Gasteiger partial charge in [-0.15, -0.1) is 0 Å². The molecule has 25 heavy (non-hydrogen) atoms. The van der Waals surface area contributed by atoms with Crippen molar-refractivity contribution in [3.05, 3.63) is 48.0 Å². The number of hydrogen-bond acceptors (Lipinski definition) is 3. The maximum atomic E-state index is 13.5. The monoisotopic (exact) mass is 345 g/mol. The molecule has 0 amide bonds. The highest BCUT2D eigenvalue weighted by atomic mass is 19.3. The van der Waals surface area contributed by atoms with Crippen LogP contribution in [0.4, 0.5) is 13.2 Å². The Bertz CT molecular complexity index is 963. The molecule has 1 saturated carbocycles. The zero-order chi connectivity index (χ0) is 17.6. The van der Waals surface area contributed by atoms with E-state index in [0.717, 1.165) is 25.0 Å². The van der Waals surface area contributed by atoms with Gasteiger partial charge in [0, 0.05) is 17.7 Å². The molecule has 0 spiro atoms. The Morgan fingerprint density at radius 2 is 2.00 bits per heavy atom. The molecule has 4 nitrogen and oxygen atoms in total. The summed E-state index contributed by atoms with van der Waals surface area (Å²) >= 11 is 0. The molecule has 2 heterocycles. The molecule has 0 aliphatic heterocycles. The third-order valence-corrected chi connectivity index (χ3v) is 4.40. The number of carbonyl (C=O) groups is 1. The lowest BCUT2D eigenvalue weighted by molar-refractivity contribution is -0.120. The Labute approximate surface area is 141 Å². The van der Waals surface area contributed by atoms with Gasteiger partial charge in [0.15, 0.2) is 5.78 Å². The van der Waals surface area contributed by atoms with Crippen LogP contribution < -0.4 is 0 Å². The molecule has 3 aromatic rings. The van der Waals surface area contributed by atoms with E-state index in [0.29, 0.717) is 22.2 Å². The van der Waals surface area contributed by atoms with Crippen molar-refractivity contribution in [2.75, 3.05) is 0 Å². The number of fused-ring (bicyclic) bond motifs is 1. The summed E-state index contributed by atoms with van der Waals surface area (Å²) < 4.78 is 40.9. The summed E-state index contributed by atoms with van der Waals surface area (Å²) in [6.07, 6.45) is 2.05. The summed E-state index contributed by atoms with van der Waals surface area (Å²) in [5.74, 6) is -0.675. The van der Waals surface area contributed by atoms with Gasteiger partial charge in [0.2, 0.25) is 0 Å². The lowest BCUT2D eigenvalue weighted by Crippen LogP contribution is -2.12. The highest BCUT2D eigenvalue weighted by molar-refractivity contribution is 5.86. The van der Waals surface area contributed by atoms with Gasteiger partial charge >= 0.3 is 0 Å². The number of halogens is 3. The molecule has 128 valence electrons. The molecule has 1 aromatic carbocycles. The average molecular weight is 345 g/mol. The van der Waals surface area contributed by atoms with Crippen LogP contribution in [0.15, 0.2) is 36.7 Å². The molecule has 2 aromatic heterocycles. The average Bonchev–Trinajstić information content (AvgIpc) is 3.38. The maximum Gasteiger partial charge on any atom is 0.266 e. The van der Waals surface area contributed by atoms with Crippen LogP contribution in [-0.4, -0.2) is 20.5 Å². The van der Waals surface area contributed by atoms with Crippen LogP contribution in [-0.2, 0) is 11.3 Å². The fourth-order valence-corrected chi connectivity index (χ4v) is 2.81. The number of ketones is 1. The first kappa shape index (κ1) is 15.8. The third-order valence-electron chi connectivity index (χ3n) is 4.40. The van der Waals surface area contributed by atoms with Crippen molar-refractivity contribution in [1.82, 2.24) is 14.8 Å². The van der Waals surface area contributed by atoms with Crippen LogP contribution in [0, 0.1) is 11.7 Å². The van der Waals surface area contributed by atoms with Crippen molar-refractivity contribution in [3.63, 3.8) is 0 Å². The highest BCUT2D eigenvalue weighted by Gasteiger charge is 2.29. The normalized spacial score (nSPS) is 14.4. The van der Waals surface area contributed by atoms with Gasteiger partial charge in [-0.05, 0) is 36.6 Å². The zero-order valence-electron chi connectivity index (χ0n) is 13.1. The predicted molar refractivity (Wildman–Crippen MR) is 85.6 cm³/mol. The lowest BCUT2D eigenvalue weighted by atomic mass is 10.0. The zero-order valence-corrected chi connectivity index (χ0v) is 13.1. The van der Waals surface area contributed by atoms with Gasteiger partial charge in [0.25, 0.3) is 6.43 Å². The predicted octanol–water partition coefficient (Wildman–Crippen LogP) is 4.15. The molecule has 1 fully saturated rings. The molecule has 0 bridgehead atoms. The topological polar surface area (TPSA) is 47.8 Å². The van der Waals surface area contributed by atoms with Gasteiger partial charge in [0.05, 0.1) is 17.3 Å². The summed E-state index contributed by atoms with van der Waals surface area (Å²) in [7, 11) is 0. The number of carbonyl (C=O) groups excluding carboxylic acids is 1. The van der Waals surface area contributed by atoms with Crippen molar-refractivity contribution in [2.24, 2.45) is 5.92 Å².